The Morgan fingerprint density at radius 2 is 1.72 bits per heavy atom. The van der Waals surface area contributed by atoms with E-state index >= 15 is 0 Å². The molecule has 32 heavy (non-hydrogen) atoms. The van der Waals surface area contributed by atoms with Gasteiger partial charge in [-0.3, -0.25) is 0 Å². The number of aryl methyl sites for hydroxylation is 1. The van der Waals surface area contributed by atoms with Crippen molar-refractivity contribution in [3.8, 4) is 0 Å². The molecule has 2 aromatic carbocycles. The third-order valence-electron chi connectivity index (χ3n) is 6.51. The van der Waals surface area contributed by atoms with Gasteiger partial charge in [0.25, 0.3) is 0 Å². The minimum absolute atomic E-state index is 0. The van der Waals surface area contributed by atoms with Crippen LogP contribution in [0.15, 0.2) is 65.7 Å². The van der Waals surface area contributed by atoms with Crippen LogP contribution in [0.5, 0.6) is 0 Å². The van der Waals surface area contributed by atoms with Gasteiger partial charge in [-0.1, -0.05) is 67.1 Å². The number of hydrogen-bond donors (Lipinski definition) is 2. The Balaban J connectivity index is 0.00000289. The van der Waals surface area contributed by atoms with Crippen molar-refractivity contribution < 1.29 is 0 Å². The molecule has 4 rings (SSSR count). The lowest BCUT2D eigenvalue weighted by atomic mass is 9.64. The average Bonchev–Trinajstić information content (AvgIpc) is 3.10. The number of guanidine groups is 1. The molecule has 0 spiro atoms. The first-order chi connectivity index (χ1) is 15.1. The smallest absolute Gasteiger partial charge is 0.192 e. The van der Waals surface area contributed by atoms with Gasteiger partial charge in [-0.2, -0.15) is 0 Å². The predicted octanol–water partition coefficient (Wildman–Crippen LogP) is 4.66. The quantitative estimate of drug-likeness (QED) is 0.258. The summed E-state index contributed by atoms with van der Waals surface area (Å²) in [7, 11) is 1.98. The maximum Gasteiger partial charge on any atom is 0.192 e. The van der Waals surface area contributed by atoms with Crippen molar-refractivity contribution in [2.45, 2.75) is 51.1 Å². The molecular weight excluding hydrogens is 511 g/mol. The van der Waals surface area contributed by atoms with E-state index in [1.54, 1.807) is 0 Å². The summed E-state index contributed by atoms with van der Waals surface area (Å²) in [5.74, 6) is 2.55. The molecule has 1 unspecified atom stereocenters. The number of rotatable bonds is 7. The largest absolute Gasteiger partial charge is 0.355 e. The Kier molecular flexibility index (Phi) is 8.28. The number of nitrogens with zero attached hydrogens (tertiary/aromatic N) is 4. The molecule has 1 saturated carbocycles. The number of aromatic nitrogens is 3. The van der Waals surface area contributed by atoms with Gasteiger partial charge in [0.15, 0.2) is 11.8 Å². The van der Waals surface area contributed by atoms with Crippen LogP contribution in [-0.2, 0) is 19.0 Å². The van der Waals surface area contributed by atoms with Crippen LogP contribution in [0.4, 0.5) is 0 Å². The van der Waals surface area contributed by atoms with Crippen molar-refractivity contribution in [3.63, 3.8) is 0 Å². The first-order valence-electron chi connectivity index (χ1n) is 11.1. The highest BCUT2D eigenvalue weighted by molar-refractivity contribution is 14.0. The van der Waals surface area contributed by atoms with Gasteiger partial charge in [0.2, 0.25) is 0 Å². The van der Waals surface area contributed by atoms with E-state index < -0.39 is 0 Å². The van der Waals surface area contributed by atoms with Crippen LogP contribution in [0.3, 0.4) is 0 Å². The summed E-state index contributed by atoms with van der Waals surface area (Å²) in [4.78, 5) is 4.86. The Labute approximate surface area is 208 Å². The number of benzene rings is 2. The van der Waals surface area contributed by atoms with E-state index in [9.17, 15) is 0 Å². The van der Waals surface area contributed by atoms with Gasteiger partial charge >= 0.3 is 0 Å². The standard InChI is InChI=1S/C25H32N6.HI/c1-19(21-11-6-4-7-12-21)28-24(26-17-23-30-29-20(2)31(23)3)27-18-25(15-10-16-25)22-13-8-5-9-14-22;/h4-9,11-14,19H,10,15-18H2,1-3H3,(H2,26,27,28);1H. The Bertz CT molecular complexity index is 1010. The van der Waals surface area contributed by atoms with Gasteiger partial charge in [0, 0.05) is 19.0 Å². The summed E-state index contributed by atoms with van der Waals surface area (Å²) in [5.41, 5.74) is 2.82. The van der Waals surface area contributed by atoms with Gasteiger partial charge < -0.3 is 15.2 Å². The van der Waals surface area contributed by atoms with Crippen LogP contribution < -0.4 is 10.6 Å². The van der Waals surface area contributed by atoms with E-state index in [0.29, 0.717) is 6.54 Å². The zero-order valence-corrected chi connectivity index (χ0v) is 21.4. The van der Waals surface area contributed by atoms with E-state index in [4.69, 9.17) is 4.99 Å². The third-order valence-corrected chi connectivity index (χ3v) is 6.51. The minimum Gasteiger partial charge on any atom is -0.355 e. The Morgan fingerprint density at radius 1 is 1.06 bits per heavy atom. The number of halogens is 1. The predicted molar refractivity (Wildman–Crippen MR) is 140 cm³/mol. The second kappa shape index (κ2) is 10.9. The highest BCUT2D eigenvalue weighted by Gasteiger charge is 2.38. The van der Waals surface area contributed by atoms with Gasteiger partial charge in [0.1, 0.15) is 12.4 Å². The van der Waals surface area contributed by atoms with Crippen molar-refractivity contribution in [3.05, 3.63) is 83.4 Å². The highest BCUT2D eigenvalue weighted by Crippen LogP contribution is 2.43. The SMILES string of the molecule is Cc1nnc(CN=C(NCC2(c3ccccc3)CCC2)NC(C)c2ccccc2)n1C.I. The van der Waals surface area contributed by atoms with E-state index in [2.05, 4.69) is 82.4 Å². The van der Waals surface area contributed by atoms with Gasteiger partial charge in [-0.05, 0) is 37.8 Å². The van der Waals surface area contributed by atoms with E-state index in [1.165, 1.54) is 30.4 Å². The maximum atomic E-state index is 4.86. The third kappa shape index (κ3) is 5.49. The molecule has 1 aliphatic carbocycles. The first-order valence-corrected chi connectivity index (χ1v) is 11.1. The van der Waals surface area contributed by atoms with Gasteiger partial charge in [-0.25, -0.2) is 4.99 Å². The zero-order chi connectivity index (χ0) is 21.7. The summed E-state index contributed by atoms with van der Waals surface area (Å²) in [6, 6.07) is 21.5. The molecule has 1 aliphatic rings. The summed E-state index contributed by atoms with van der Waals surface area (Å²) >= 11 is 0. The van der Waals surface area contributed by atoms with Crippen molar-refractivity contribution in [2.24, 2.45) is 12.0 Å². The molecule has 7 heteroatoms. The summed E-state index contributed by atoms with van der Waals surface area (Å²) < 4.78 is 1.99. The molecule has 3 aromatic rings. The number of aliphatic imine (C=N–C) groups is 1. The Morgan fingerprint density at radius 3 is 2.28 bits per heavy atom. The lowest BCUT2D eigenvalue weighted by molar-refractivity contribution is 0.243. The van der Waals surface area contributed by atoms with Crippen molar-refractivity contribution in [1.82, 2.24) is 25.4 Å². The molecule has 0 bridgehead atoms. The molecule has 0 radical (unpaired) electrons. The number of hydrogen-bond acceptors (Lipinski definition) is 3. The molecule has 2 N–H and O–H groups in total. The summed E-state index contributed by atoms with van der Waals surface area (Å²) in [5, 5.41) is 15.6. The van der Waals surface area contributed by atoms with E-state index in [-0.39, 0.29) is 35.4 Å². The molecule has 0 saturated heterocycles. The second-order valence-corrected chi connectivity index (χ2v) is 8.52. The highest BCUT2D eigenvalue weighted by atomic mass is 127. The molecule has 170 valence electrons. The van der Waals surface area contributed by atoms with Crippen molar-refractivity contribution in [1.29, 1.82) is 0 Å². The van der Waals surface area contributed by atoms with E-state index in [1.807, 2.05) is 24.6 Å². The van der Waals surface area contributed by atoms with Crippen LogP contribution in [0.25, 0.3) is 0 Å². The average molecular weight is 544 g/mol. The lowest BCUT2D eigenvalue weighted by Crippen LogP contribution is -2.49. The molecular formula is C25H33IN6. The molecule has 0 amide bonds. The fraction of sp³-hybridized carbons (Fsp3) is 0.400. The Hall–Kier alpha value is -2.42. The molecule has 1 fully saturated rings. The first kappa shape index (κ1) is 24.2. The van der Waals surface area contributed by atoms with Crippen LogP contribution in [-0.4, -0.2) is 27.3 Å². The van der Waals surface area contributed by atoms with Crippen LogP contribution in [0.2, 0.25) is 0 Å². The van der Waals surface area contributed by atoms with Gasteiger partial charge in [0.05, 0.1) is 6.04 Å². The summed E-state index contributed by atoms with van der Waals surface area (Å²) in [6.45, 7) is 5.46. The van der Waals surface area contributed by atoms with Crippen molar-refractivity contribution in [2.75, 3.05) is 6.54 Å². The molecule has 0 aliphatic heterocycles. The second-order valence-electron chi connectivity index (χ2n) is 8.52. The normalized spacial score (nSPS) is 15.9. The van der Waals surface area contributed by atoms with Crippen molar-refractivity contribution >= 4 is 29.9 Å². The van der Waals surface area contributed by atoms with Crippen LogP contribution >= 0.6 is 24.0 Å². The monoisotopic (exact) mass is 544 g/mol. The molecule has 6 nitrogen and oxygen atoms in total. The summed E-state index contributed by atoms with van der Waals surface area (Å²) in [6.07, 6.45) is 3.68. The molecule has 1 heterocycles. The maximum absolute atomic E-state index is 4.86. The lowest BCUT2D eigenvalue weighted by Gasteiger charge is -2.43. The van der Waals surface area contributed by atoms with Gasteiger partial charge in [-0.15, -0.1) is 34.2 Å². The molecule has 1 atom stereocenters. The van der Waals surface area contributed by atoms with Crippen LogP contribution in [0.1, 0.15) is 55.0 Å². The van der Waals surface area contributed by atoms with E-state index in [0.717, 1.165) is 24.2 Å². The fourth-order valence-electron chi connectivity index (χ4n) is 4.14. The van der Waals surface area contributed by atoms with Crippen LogP contribution in [0, 0.1) is 6.92 Å². The zero-order valence-electron chi connectivity index (χ0n) is 19.1. The topological polar surface area (TPSA) is 67.1 Å². The fourth-order valence-corrected chi connectivity index (χ4v) is 4.14. The number of nitrogens with one attached hydrogen (secondary N) is 2. The minimum atomic E-state index is 0. The molecule has 1 aromatic heterocycles.